The average Bonchev–Trinajstić information content (AvgIpc) is 3.41. The standard InChI is InChI=1S/C21H20N.C17H8NS.Ir/c1-21(2,3)19-12-13-22-20(15-19)18-11-7-10-17(14-18)16-8-5-4-6-9-16;1-2-5-12-10(4-1)11-6-3-7-13-15(11)16-14(19-13)8-9-18-17(12)16;/h4-10,12-15H,1-3H3;1-4,6-9H;/q2*-1;. The molecule has 0 amide bonds. The van der Waals surface area contributed by atoms with E-state index < -0.39 is 0 Å². The molecule has 0 saturated heterocycles. The number of thiophene rings is 1. The van der Waals surface area contributed by atoms with E-state index in [9.17, 15) is 0 Å². The smallest absolute Gasteiger partial charge is 0.0345 e. The van der Waals surface area contributed by atoms with E-state index in [1.54, 1.807) is 0 Å². The van der Waals surface area contributed by atoms with Gasteiger partial charge in [0.1, 0.15) is 0 Å². The summed E-state index contributed by atoms with van der Waals surface area (Å²) in [4.78, 5) is 9.14. The van der Waals surface area contributed by atoms with Crippen molar-refractivity contribution >= 4 is 53.2 Å². The number of rotatable bonds is 2. The summed E-state index contributed by atoms with van der Waals surface area (Å²) in [5.74, 6) is 0. The molecule has 0 saturated carbocycles. The Morgan fingerprint density at radius 3 is 2.26 bits per heavy atom. The summed E-state index contributed by atoms with van der Waals surface area (Å²) >= 11 is 1.85. The van der Waals surface area contributed by atoms with Crippen molar-refractivity contribution in [3.05, 3.63) is 133 Å². The number of hydrogen-bond acceptors (Lipinski definition) is 3. The van der Waals surface area contributed by atoms with Crippen LogP contribution in [0.4, 0.5) is 0 Å². The molecule has 42 heavy (non-hydrogen) atoms. The second-order valence-electron chi connectivity index (χ2n) is 11.3. The van der Waals surface area contributed by atoms with Crippen molar-refractivity contribution in [3.63, 3.8) is 0 Å². The predicted molar refractivity (Wildman–Crippen MR) is 175 cm³/mol. The summed E-state index contributed by atoms with van der Waals surface area (Å²) in [5, 5.41) is 6.35. The molecule has 4 heteroatoms. The maximum atomic E-state index is 4.61. The summed E-state index contributed by atoms with van der Waals surface area (Å²) in [7, 11) is 0. The van der Waals surface area contributed by atoms with Crippen LogP contribution >= 0.6 is 11.3 Å². The number of hydrogen-bond donors (Lipinski definition) is 0. The van der Waals surface area contributed by atoms with Gasteiger partial charge in [-0.25, -0.2) is 0 Å². The first-order valence-corrected chi connectivity index (χ1v) is 14.6. The van der Waals surface area contributed by atoms with Crippen LogP contribution in [0.3, 0.4) is 0 Å². The zero-order valence-electron chi connectivity index (χ0n) is 23.6. The Bertz CT molecular complexity index is 2060. The maximum Gasteiger partial charge on any atom is 0.0345 e. The van der Waals surface area contributed by atoms with Gasteiger partial charge < -0.3 is 9.97 Å². The van der Waals surface area contributed by atoms with Crippen molar-refractivity contribution < 1.29 is 20.1 Å². The van der Waals surface area contributed by atoms with E-state index in [2.05, 4.69) is 128 Å². The quantitative estimate of drug-likeness (QED) is 0.130. The fraction of sp³-hybridized carbons (Fsp3) is 0.105. The molecule has 3 heterocycles. The van der Waals surface area contributed by atoms with Gasteiger partial charge in [-0.05, 0) is 56.7 Å². The topological polar surface area (TPSA) is 25.8 Å². The average molecular weight is 737 g/mol. The Morgan fingerprint density at radius 1 is 0.643 bits per heavy atom. The Balaban J connectivity index is 0.000000148. The molecule has 0 unspecified atom stereocenters. The van der Waals surface area contributed by atoms with Gasteiger partial charge in [0.15, 0.2) is 0 Å². The third kappa shape index (κ3) is 5.11. The second kappa shape index (κ2) is 11.4. The van der Waals surface area contributed by atoms with Crippen LogP contribution < -0.4 is 0 Å². The third-order valence-corrected chi connectivity index (χ3v) is 8.72. The number of benzene rings is 5. The van der Waals surface area contributed by atoms with Gasteiger partial charge in [-0.15, -0.1) is 76.4 Å². The van der Waals surface area contributed by atoms with E-state index in [0.717, 1.165) is 22.2 Å². The minimum absolute atomic E-state index is 0. The molecule has 0 bridgehead atoms. The molecule has 0 N–H and O–H groups in total. The van der Waals surface area contributed by atoms with Gasteiger partial charge in [0.2, 0.25) is 0 Å². The van der Waals surface area contributed by atoms with E-state index in [1.165, 1.54) is 47.6 Å². The molecule has 0 atom stereocenters. The Morgan fingerprint density at radius 2 is 1.43 bits per heavy atom. The SMILES string of the molecule is CC(C)(C)c1ccnc(-c2[c-]ccc(-c3ccccc3)c2)c1.[Ir].[c-]1cccc2c1c1nccc3sc4cccc2c4c31. The van der Waals surface area contributed by atoms with Crippen molar-refractivity contribution in [1.82, 2.24) is 9.97 Å². The van der Waals surface area contributed by atoms with Crippen LogP contribution in [0.1, 0.15) is 26.3 Å². The molecule has 1 radical (unpaired) electrons. The molecular weight excluding hydrogens is 709 g/mol. The third-order valence-electron chi connectivity index (χ3n) is 7.60. The van der Waals surface area contributed by atoms with Gasteiger partial charge in [0.05, 0.1) is 0 Å². The van der Waals surface area contributed by atoms with Crippen molar-refractivity contribution in [2.45, 2.75) is 26.2 Å². The molecule has 3 aromatic heterocycles. The van der Waals surface area contributed by atoms with Gasteiger partial charge in [-0.1, -0.05) is 80.1 Å². The molecule has 0 aliphatic heterocycles. The summed E-state index contributed by atoms with van der Waals surface area (Å²) < 4.78 is 2.66. The van der Waals surface area contributed by atoms with E-state index >= 15 is 0 Å². The normalized spacial score (nSPS) is 11.5. The Labute approximate surface area is 263 Å². The first-order chi connectivity index (χ1) is 20.0. The van der Waals surface area contributed by atoms with Crippen LogP contribution in [0.5, 0.6) is 0 Å². The van der Waals surface area contributed by atoms with Crippen molar-refractivity contribution in [3.8, 4) is 22.4 Å². The monoisotopic (exact) mass is 737 g/mol. The molecule has 5 aromatic carbocycles. The first kappa shape index (κ1) is 28.2. The molecule has 0 aliphatic rings. The van der Waals surface area contributed by atoms with Gasteiger partial charge in [0, 0.05) is 41.9 Å². The Hall–Kier alpha value is -3.95. The largest absolute Gasteiger partial charge is 0.305 e. The minimum Gasteiger partial charge on any atom is -0.305 e. The second-order valence-corrected chi connectivity index (χ2v) is 12.4. The van der Waals surface area contributed by atoms with E-state index in [-0.39, 0.29) is 25.5 Å². The van der Waals surface area contributed by atoms with Crippen LogP contribution in [-0.2, 0) is 25.5 Å². The number of aromatic nitrogens is 2. The van der Waals surface area contributed by atoms with Crippen LogP contribution in [0.2, 0.25) is 0 Å². The molecular formula is C38H28IrN2S-2. The molecule has 207 valence electrons. The summed E-state index contributed by atoms with van der Waals surface area (Å²) in [6, 6.07) is 42.4. The number of fused-ring (bicyclic) bond motifs is 3. The van der Waals surface area contributed by atoms with Crippen molar-refractivity contribution in [1.29, 1.82) is 0 Å². The van der Waals surface area contributed by atoms with E-state index in [0.29, 0.717) is 0 Å². The summed E-state index contributed by atoms with van der Waals surface area (Å²) in [5.41, 5.74) is 6.91. The van der Waals surface area contributed by atoms with Crippen LogP contribution in [0.25, 0.3) is 64.2 Å². The van der Waals surface area contributed by atoms with Gasteiger partial charge in [0.25, 0.3) is 0 Å². The molecule has 8 aromatic rings. The molecule has 0 aliphatic carbocycles. The van der Waals surface area contributed by atoms with E-state index in [1.807, 2.05) is 41.9 Å². The summed E-state index contributed by atoms with van der Waals surface area (Å²) in [6.45, 7) is 6.66. The van der Waals surface area contributed by atoms with Crippen LogP contribution in [-0.4, -0.2) is 9.97 Å². The molecule has 0 spiro atoms. The zero-order chi connectivity index (χ0) is 28.0. The van der Waals surface area contributed by atoms with Gasteiger partial charge in [-0.2, -0.15) is 0 Å². The van der Waals surface area contributed by atoms with Crippen molar-refractivity contribution in [2.24, 2.45) is 0 Å². The van der Waals surface area contributed by atoms with Crippen molar-refractivity contribution in [2.75, 3.05) is 0 Å². The summed E-state index contributed by atoms with van der Waals surface area (Å²) in [6.07, 6.45) is 3.79. The number of nitrogens with zero attached hydrogens (tertiary/aromatic N) is 2. The molecule has 8 rings (SSSR count). The van der Waals surface area contributed by atoms with E-state index in [4.69, 9.17) is 0 Å². The Kier molecular flexibility index (Phi) is 7.64. The maximum absolute atomic E-state index is 4.61. The first-order valence-electron chi connectivity index (χ1n) is 13.8. The van der Waals surface area contributed by atoms with Crippen LogP contribution in [0, 0.1) is 12.1 Å². The van der Waals surface area contributed by atoms with Gasteiger partial charge in [-0.3, -0.25) is 0 Å². The fourth-order valence-electron chi connectivity index (χ4n) is 5.50. The van der Waals surface area contributed by atoms with Crippen LogP contribution in [0.15, 0.2) is 116 Å². The molecule has 0 fully saturated rings. The zero-order valence-corrected chi connectivity index (χ0v) is 26.8. The fourth-order valence-corrected chi connectivity index (χ4v) is 6.63. The minimum atomic E-state index is 0. The molecule has 2 nitrogen and oxygen atoms in total. The van der Waals surface area contributed by atoms with Gasteiger partial charge >= 0.3 is 0 Å². The predicted octanol–water partition coefficient (Wildman–Crippen LogP) is 10.5. The number of pyridine rings is 2.